The van der Waals surface area contributed by atoms with Gasteiger partial charge in [0.25, 0.3) is 0 Å². The van der Waals surface area contributed by atoms with Crippen molar-refractivity contribution in [2.45, 2.75) is 19.3 Å². The second-order valence-corrected chi connectivity index (χ2v) is 15.6. The van der Waals surface area contributed by atoms with Crippen molar-refractivity contribution >= 4 is 65.7 Å². The molecular weight excluding hydrogens is 731 g/mol. The number of hydrogen-bond acceptors (Lipinski definition) is 3. The summed E-state index contributed by atoms with van der Waals surface area (Å²) in [5.41, 5.74) is 17.5. The van der Waals surface area contributed by atoms with Crippen LogP contribution in [0.15, 0.2) is 194 Å². The first-order valence-electron chi connectivity index (χ1n) is 20.7. The number of para-hydroxylation sites is 3. The average molecular weight is 768 g/mol. The molecule has 8 aromatic rings. The zero-order valence-corrected chi connectivity index (χ0v) is 32.8. The Labute approximate surface area is 347 Å². The Hall–Kier alpha value is -7.85. The van der Waals surface area contributed by atoms with E-state index >= 15 is 0 Å². The fourth-order valence-corrected chi connectivity index (χ4v) is 9.18. The van der Waals surface area contributed by atoms with Crippen LogP contribution in [0.25, 0.3) is 99.8 Å². The van der Waals surface area contributed by atoms with Gasteiger partial charge >= 0.3 is 0 Å². The van der Waals surface area contributed by atoms with Crippen LogP contribution in [0, 0.1) is 0 Å². The Morgan fingerprint density at radius 1 is 0.533 bits per heavy atom. The highest BCUT2D eigenvalue weighted by molar-refractivity contribution is 6.11. The summed E-state index contributed by atoms with van der Waals surface area (Å²) >= 11 is 0. The van der Waals surface area contributed by atoms with Crippen molar-refractivity contribution in [3.8, 4) is 34.2 Å². The number of allylic oxidation sites excluding steroid dienone is 9. The van der Waals surface area contributed by atoms with Crippen molar-refractivity contribution in [3.63, 3.8) is 0 Å². The standard InChI is InChI=1S/C55H37N5/c1-2-6-17-36(16-5-1)38-20-15-21-42(32-38)59-50-27-14-11-23-44(50)46-33-39(30-31-51(46)59)40-28-29-41-34-47-43-22-9-12-25-48(43)56-54(47)60(52(41)35-40)55-57-49-26-13-10-24-45(49)53(58-55)37-18-7-3-4-8-19-37/h1,3-5,7-16,18,20-35H,2,6,17H2. The lowest BCUT2D eigenvalue weighted by Crippen LogP contribution is -2.09. The van der Waals surface area contributed by atoms with Crippen molar-refractivity contribution in [1.82, 2.24) is 24.1 Å². The van der Waals surface area contributed by atoms with Crippen LogP contribution >= 0.6 is 0 Å². The number of nitrogens with zero attached hydrogens (tertiary/aromatic N) is 5. The zero-order chi connectivity index (χ0) is 39.6. The normalized spacial score (nSPS) is 14.1. The molecule has 0 atom stereocenters. The maximum Gasteiger partial charge on any atom is 0.237 e. The summed E-state index contributed by atoms with van der Waals surface area (Å²) in [4.78, 5) is 15.9. The highest BCUT2D eigenvalue weighted by Gasteiger charge is 2.23. The van der Waals surface area contributed by atoms with Gasteiger partial charge in [-0.3, -0.25) is 4.57 Å². The highest BCUT2D eigenvalue weighted by atomic mass is 15.2. The summed E-state index contributed by atoms with van der Waals surface area (Å²) in [6.07, 6.45) is 20.2. The second-order valence-electron chi connectivity index (χ2n) is 15.6. The SMILES string of the molecule is C1=CC=CC=CC=1c1nc(-n2c3nc4ccccc4c-3cc3ccc(-c4ccc5c(c4)c4ccccc4n5-c4cccc(C5=CC=CCCC5)c4)cc32)nc2ccccc12. The summed E-state index contributed by atoms with van der Waals surface area (Å²) in [6, 6.07) is 50.3. The quantitative estimate of drug-likeness (QED) is 0.164. The number of hydrogen-bond donors (Lipinski definition) is 0. The van der Waals surface area contributed by atoms with Crippen molar-refractivity contribution in [1.29, 1.82) is 0 Å². The third-order valence-corrected chi connectivity index (χ3v) is 12.0. The van der Waals surface area contributed by atoms with Gasteiger partial charge in [0.15, 0.2) is 0 Å². The molecule has 4 aliphatic rings. The van der Waals surface area contributed by atoms with Gasteiger partial charge in [-0.05, 0) is 114 Å². The van der Waals surface area contributed by atoms with E-state index in [9.17, 15) is 0 Å². The van der Waals surface area contributed by atoms with Crippen molar-refractivity contribution in [2.24, 2.45) is 0 Å². The Balaban J connectivity index is 1.07. The van der Waals surface area contributed by atoms with E-state index in [1.54, 1.807) is 0 Å². The van der Waals surface area contributed by atoms with Gasteiger partial charge in [0.05, 0.1) is 33.3 Å². The molecule has 0 spiro atoms. The van der Waals surface area contributed by atoms with Crippen molar-refractivity contribution < 1.29 is 0 Å². The average Bonchev–Trinajstić information content (AvgIpc) is 3.50. The molecule has 0 bridgehead atoms. The molecule has 282 valence electrons. The van der Waals surface area contributed by atoms with Crippen LogP contribution < -0.4 is 0 Å². The maximum absolute atomic E-state index is 5.36. The number of fused-ring (bicyclic) bond motifs is 8. The molecule has 5 nitrogen and oxygen atoms in total. The first-order chi connectivity index (χ1) is 29.7. The fraction of sp³-hybridized carbons (Fsp3) is 0.0545. The molecule has 0 N–H and O–H groups in total. The predicted octanol–water partition coefficient (Wildman–Crippen LogP) is 13.8. The minimum Gasteiger partial charge on any atom is -0.309 e. The summed E-state index contributed by atoms with van der Waals surface area (Å²) in [7, 11) is 0. The van der Waals surface area contributed by atoms with Crippen LogP contribution in [-0.2, 0) is 0 Å². The van der Waals surface area contributed by atoms with Crippen LogP contribution in [0.2, 0.25) is 0 Å². The Bertz CT molecular complexity index is 3560. The monoisotopic (exact) mass is 767 g/mol. The number of rotatable bonds is 5. The lowest BCUT2D eigenvalue weighted by Gasteiger charge is -2.17. The van der Waals surface area contributed by atoms with Crippen LogP contribution in [0.3, 0.4) is 0 Å². The second kappa shape index (κ2) is 13.9. The van der Waals surface area contributed by atoms with E-state index in [1.165, 1.54) is 45.1 Å². The van der Waals surface area contributed by atoms with Gasteiger partial charge in [-0.2, -0.15) is 0 Å². The molecule has 2 aromatic heterocycles. The minimum absolute atomic E-state index is 0.565. The molecule has 60 heavy (non-hydrogen) atoms. The van der Waals surface area contributed by atoms with Gasteiger partial charge in [0, 0.05) is 38.4 Å². The van der Waals surface area contributed by atoms with Crippen LogP contribution in [-0.4, -0.2) is 24.1 Å². The molecule has 0 fully saturated rings. The molecule has 2 aliphatic heterocycles. The largest absolute Gasteiger partial charge is 0.309 e. The van der Waals surface area contributed by atoms with Gasteiger partial charge in [0.2, 0.25) is 5.95 Å². The first kappa shape index (κ1) is 34.2. The van der Waals surface area contributed by atoms with E-state index in [1.807, 2.05) is 42.5 Å². The van der Waals surface area contributed by atoms with Gasteiger partial charge in [-0.25, -0.2) is 15.0 Å². The molecule has 4 heterocycles. The molecule has 2 aliphatic carbocycles. The topological polar surface area (TPSA) is 48.5 Å². The van der Waals surface area contributed by atoms with Gasteiger partial charge in [0.1, 0.15) is 5.82 Å². The van der Waals surface area contributed by atoms with E-state index in [0.717, 1.165) is 79.3 Å². The molecule has 0 radical (unpaired) electrons. The van der Waals surface area contributed by atoms with E-state index in [-0.39, 0.29) is 0 Å². The Morgan fingerprint density at radius 3 is 2.27 bits per heavy atom. The number of aromatic nitrogens is 5. The van der Waals surface area contributed by atoms with Gasteiger partial charge in [-0.15, -0.1) is 5.73 Å². The molecule has 5 heteroatoms. The van der Waals surface area contributed by atoms with E-state index in [2.05, 4.69) is 160 Å². The summed E-state index contributed by atoms with van der Waals surface area (Å²) < 4.78 is 4.57. The van der Waals surface area contributed by atoms with E-state index < -0.39 is 0 Å². The number of benzene rings is 6. The lowest BCUT2D eigenvalue weighted by molar-refractivity contribution is 0.886. The summed E-state index contributed by atoms with van der Waals surface area (Å²) in [5.74, 6) is 1.39. The first-order valence-corrected chi connectivity index (χ1v) is 20.7. The summed E-state index contributed by atoms with van der Waals surface area (Å²) in [5, 5.41) is 5.60. The summed E-state index contributed by atoms with van der Waals surface area (Å²) in [6.45, 7) is 0. The Kier molecular flexibility index (Phi) is 7.93. The fourth-order valence-electron chi connectivity index (χ4n) is 9.18. The maximum atomic E-state index is 5.36. The van der Waals surface area contributed by atoms with Gasteiger partial charge < -0.3 is 4.57 Å². The van der Waals surface area contributed by atoms with E-state index in [4.69, 9.17) is 15.0 Å². The molecule has 12 rings (SSSR count). The van der Waals surface area contributed by atoms with Crippen LogP contribution in [0.5, 0.6) is 0 Å². The Morgan fingerprint density at radius 2 is 1.33 bits per heavy atom. The van der Waals surface area contributed by atoms with Crippen LogP contribution in [0.1, 0.15) is 30.5 Å². The molecule has 0 saturated heterocycles. The smallest absolute Gasteiger partial charge is 0.237 e. The van der Waals surface area contributed by atoms with Crippen molar-refractivity contribution in [3.05, 3.63) is 205 Å². The zero-order valence-electron chi connectivity index (χ0n) is 32.8. The van der Waals surface area contributed by atoms with Crippen LogP contribution in [0.4, 0.5) is 0 Å². The molecular formula is C55H37N5. The third-order valence-electron chi connectivity index (χ3n) is 12.0. The molecule has 6 aromatic carbocycles. The van der Waals surface area contributed by atoms with E-state index in [0.29, 0.717) is 5.95 Å². The third kappa shape index (κ3) is 5.59. The molecule has 0 unspecified atom stereocenters. The minimum atomic E-state index is 0.565. The lowest BCUT2D eigenvalue weighted by atomic mass is 9.99. The molecule has 0 saturated carbocycles. The number of pyridine rings is 1. The highest BCUT2D eigenvalue weighted by Crippen LogP contribution is 2.40. The van der Waals surface area contributed by atoms with Gasteiger partial charge in [-0.1, -0.05) is 121 Å². The van der Waals surface area contributed by atoms with Crippen molar-refractivity contribution in [2.75, 3.05) is 0 Å². The molecule has 0 amide bonds. The predicted molar refractivity (Wildman–Crippen MR) is 249 cm³/mol.